The molecule has 0 bridgehead atoms. The van der Waals surface area contributed by atoms with Crippen molar-refractivity contribution in [1.29, 1.82) is 0 Å². The second-order valence-electron chi connectivity index (χ2n) is 6.54. The van der Waals surface area contributed by atoms with Crippen molar-refractivity contribution in [1.82, 2.24) is 15.3 Å². The summed E-state index contributed by atoms with van der Waals surface area (Å²) in [6.07, 6.45) is 0. The number of fused-ring (bicyclic) bond motifs is 1. The van der Waals surface area contributed by atoms with E-state index in [9.17, 15) is 9.59 Å². The van der Waals surface area contributed by atoms with Crippen LogP contribution < -0.4 is 10.9 Å². The number of esters is 1. The average Bonchev–Trinajstić information content (AvgIpc) is 2.99. The molecule has 2 aromatic heterocycles. The molecule has 0 aliphatic carbocycles. The van der Waals surface area contributed by atoms with Crippen molar-refractivity contribution in [3.05, 3.63) is 61.5 Å². The van der Waals surface area contributed by atoms with Crippen molar-refractivity contribution in [2.45, 2.75) is 39.8 Å². The van der Waals surface area contributed by atoms with Gasteiger partial charge in [0.05, 0.1) is 18.0 Å². The molecule has 1 aromatic carbocycles. The molecule has 0 unspecified atom stereocenters. The van der Waals surface area contributed by atoms with Crippen LogP contribution in [0.2, 0.25) is 5.02 Å². The smallest absolute Gasteiger partial charge is 0.348 e. The number of aromatic amines is 1. The number of hydrogen-bond donors (Lipinski definition) is 2. The summed E-state index contributed by atoms with van der Waals surface area (Å²) < 4.78 is 5.08. The Morgan fingerprint density at radius 1 is 1.32 bits per heavy atom. The summed E-state index contributed by atoms with van der Waals surface area (Å²) in [6.45, 7) is 7.69. The Labute approximate surface area is 171 Å². The summed E-state index contributed by atoms with van der Waals surface area (Å²) in [4.78, 5) is 33.1. The summed E-state index contributed by atoms with van der Waals surface area (Å²) in [7, 11) is 0. The first-order valence-corrected chi connectivity index (χ1v) is 10.2. The SMILES string of the molecule is CCOC(=O)c1sc2nc([C@@H](C)N[C@H](C)c3ccccc3Cl)[nH]c(=O)c2c1C. The molecule has 0 amide bonds. The molecule has 2 N–H and O–H groups in total. The number of rotatable bonds is 6. The topological polar surface area (TPSA) is 84.1 Å². The highest BCUT2D eigenvalue weighted by Crippen LogP contribution is 2.29. The fourth-order valence-electron chi connectivity index (χ4n) is 3.13. The number of aryl methyl sites for hydroxylation is 1. The van der Waals surface area contributed by atoms with E-state index >= 15 is 0 Å². The molecule has 28 heavy (non-hydrogen) atoms. The lowest BCUT2D eigenvalue weighted by Gasteiger charge is -2.20. The highest BCUT2D eigenvalue weighted by atomic mass is 35.5. The highest BCUT2D eigenvalue weighted by molar-refractivity contribution is 7.20. The van der Waals surface area contributed by atoms with Gasteiger partial charge in [-0.2, -0.15) is 0 Å². The molecule has 2 heterocycles. The van der Waals surface area contributed by atoms with E-state index in [0.717, 1.165) is 5.56 Å². The lowest BCUT2D eigenvalue weighted by atomic mass is 10.1. The molecular formula is C20H22ClN3O3S. The van der Waals surface area contributed by atoms with Crippen LogP contribution in [0.4, 0.5) is 0 Å². The molecule has 0 saturated carbocycles. The van der Waals surface area contributed by atoms with Crippen LogP contribution in [0.15, 0.2) is 29.1 Å². The third kappa shape index (κ3) is 3.97. The van der Waals surface area contributed by atoms with Crippen molar-refractivity contribution in [3.8, 4) is 0 Å². The molecular weight excluding hydrogens is 398 g/mol. The largest absolute Gasteiger partial charge is 0.462 e. The number of aromatic nitrogens is 2. The van der Waals surface area contributed by atoms with Crippen LogP contribution in [0.5, 0.6) is 0 Å². The number of carbonyl (C=O) groups is 1. The van der Waals surface area contributed by atoms with Crippen LogP contribution in [0.1, 0.15) is 59.5 Å². The number of halogens is 1. The standard InChI is InChI=1S/C20H22ClN3O3S/c1-5-27-20(26)16-10(2)15-18(25)23-17(24-19(15)28-16)12(4)22-11(3)13-8-6-7-9-14(13)21/h6-9,11-12,22H,5H2,1-4H3,(H,23,24,25)/t11-,12-/m1/s1. The average molecular weight is 420 g/mol. The van der Waals surface area contributed by atoms with Gasteiger partial charge in [-0.1, -0.05) is 29.8 Å². The van der Waals surface area contributed by atoms with Gasteiger partial charge in [-0.15, -0.1) is 11.3 Å². The van der Waals surface area contributed by atoms with E-state index in [1.165, 1.54) is 11.3 Å². The Hall–Kier alpha value is -2.22. The summed E-state index contributed by atoms with van der Waals surface area (Å²) in [5, 5.41) is 4.52. The van der Waals surface area contributed by atoms with Gasteiger partial charge in [0.1, 0.15) is 15.5 Å². The first-order chi connectivity index (χ1) is 13.3. The quantitative estimate of drug-likeness (QED) is 0.573. The Kier molecular flexibility index (Phi) is 6.17. The van der Waals surface area contributed by atoms with E-state index in [0.29, 0.717) is 31.5 Å². The number of benzene rings is 1. The van der Waals surface area contributed by atoms with Gasteiger partial charge in [-0.05, 0) is 44.9 Å². The fraction of sp³-hybridized carbons (Fsp3) is 0.350. The zero-order valence-electron chi connectivity index (χ0n) is 16.1. The number of ether oxygens (including phenoxy) is 1. The minimum Gasteiger partial charge on any atom is -0.462 e. The Bertz CT molecular complexity index is 1080. The molecule has 0 aliphatic rings. The molecule has 3 aromatic rings. The molecule has 0 saturated heterocycles. The van der Waals surface area contributed by atoms with E-state index in [-0.39, 0.29) is 24.2 Å². The van der Waals surface area contributed by atoms with Crippen LogP contribution >= 0.6 is 22.9 Å². The summed E-state index contributed by atoms with van der Waals surface area (Å²) in [6, 6.07) is 7.36. The maximum atomic E-state index is 12.6. The Morgan fingerprint density at radius 2 is 2.04 bits per heavy atom. The minimum absolute atomic E-state index is 0.0372. The lowest BCUT2D eigenvalue weighted by Crippen LogP contribution is -2.26. The lowest BCUT2D eigenvalue weighted by molar-refractivity contribution is 0.0531. The highest BCUT2D eigenvalue weighted by Gasteiger charge is 2.22. The van der Waals surface area contributed by atoms with Gasteiger partial charge in [0.25, 0.3) is 5.56 Å². The van der Waals surface area contributed by atoms with E-state index in [1.807, 2.05) is 38.1 Å². The van der Waals surface area contributed by atoms with Crippen molar-refractivity contribution >= 4 is 39.1 Å². The third-order valence-electron chi connectivity index (χ3n) is 4.56. The van der Waals surface area contributed by atoms with Crippen LogP contribution in [0, 0.1) is 6.92 Å². The third-order valence-corrected chi connectivity index (χ3v) is 6.07. The monoisotopic (exact) mass is 419 g/mol. The zero-order chi connectivity index (χ0) is 20.4. The molecule has 0 fully saturated rings. The number of carbonyl (C=O) groups excluding carboxylic acids is 1. The molecule has 8 heteroatoms. The first-order valence-electron chi connectivity index (χ1n) is 9.04. The van der Waals surface area contributed by atoms with Gasteiger partial charge in [0.15, 0.2) is 0 Å². The number of thiophene rings is 1. The predicted molar refractivity (Wildman–Crippen MR) is 112 cm³/mol. The van der Waals surface area contributed by atoms with Gasteiger partial charge >= 0.3 is 5.97 Å². The molecule has 0 spiro atoms. The molecule has 2 atom stereocenters. The van der Waals surface area contributed by atoms with Crippen molar-refractivity contribution < 1.29 is 9.53 Å². The van der Waals surface area contributed by atoms with E-state index in [4.69, 9.17) is 16.3 Å². The first kappa shape index (κ1) is 20.5. The second kappa shape index (κ2) is 8.43. The van der Waals surface area contributed by atoms with Crippen molar-refractivity contribution in [2.24, 2.45) is 0 Å². The predicted octanol–water partition coefficient (Wildman–Crippen LogP) is 4.53. The number of hydrogen-bond acceptors (Lipinski definition) is 6. The van der Waals surface area contributed by atoms with Crippen molar-refractivity contribution in [3.63, 3.8) is 0 Å². The molecule has 148 valence electrons. The molecule has 0 aliphatic heterocycles. The van der Waals surface area contributed by atoms with Crippen LogP contribution in [0.3, 0.4) is 0 Å². The van der Waals surface area contributed by atoms with Gasteiger partial charge in [0.2, 0.25) is 0 Å². The maximum absolute atomic E-state index is 12.6. The van der Waals surface area contributed by atoms with Crippen LogP contribution in [0.25, 0.3) is 10.2 Å². The number of nitrogens with one attached hydrogen (secondary N) is 2. The van der Waals surface area contributed by atoms with Gasteiger partial charge in [-0.3, -0.25) is 4.79 Å². The normalized spacial score (nSPS) is 13.5. The Balaban J connectivity index is 1.92. The van der Waals surface area contributed by atoms with Crippen LogP contribution in [-0.4, -0.2) is 22.5 Å². The van der Waals surface area contributed by atoms with Crippen LogP contribution in [-0.2, 0) is 4.74 Å². The number of nitrogens with zero attached hydrogens (tertiary/aromatic N) is 1. The summed E-state index contributed by atoms with van der Waals surface area (Å²) in [5.74, 6) is 0.0792. The fourth-order valence-corrected chi connectivity index (χ4v) is 4.51. The molecule has 0 radical (unpaired) electrons. The maximum Gasteiger partial charge on any atom is 0.348 e. The second-order valence-corrected chi connectivity index (χ2v) is 7.95. The summed E-state index contributed by atoms with van der Waals surface area (Å²) >= 11 is 7.45. The van der Waals surface area contributed by atoms with Gasteiger partial charge in [-0.25, -0.2) is 9.78 Å². The van der Waals surface area contributed by atoms with Gasteiger partial charge < -0.3 is 15.0 Å². The molecule has 3 rings (SSSR count). The van der Waals surface area contributed by atoms with E-state index in [2.05, 4.69) is 15.3 Å². The zero-order valence-corrected chi connectivity index (χ0v) is 17.7. The number of H-pyrrole nitrogens is 1. The summed E-state index contributed by atoms with van der Waals surface area (Å²) in [5.41, 5.74) is 1.31. The van der Waals surface area contributed by atoms with Crippen molar-refractivity contribution in [2.75, 3.05) is 6.61 Å². The van der Waals surface area contributed by atoms with E-state index in [1.54, 1.807) is 13.8 Å². The molecule has 6 nitrogen and oxygen atoms in total. The Morgan fingerprint density at radius 3 is 2.71 bits per heavy atom. The van der Waals surface area contributed by atoms with Gasteiger partial charge in [0, 0.05) is 11.1 Å². The minimum atomic E-state index is -0.428. The van der Waals surface area contributed by atoms with E-state index < -0.39 is 5.97 Å².